The predicted octanol–water partition coefficient (Wildman–Crippen LogP) is 4.10. The summed E-state index contributed by atoms with van der Waals surface area (Å²) in [6.07, 6.45) is 10.1. The smallest absolute Gasteiger partial charge is 0.233 e. The van der Waals surface area contributed by atoms with Crippen molar-refractivity contribution in [3.8, 4) is 5.75 Å². The molecule has 0 N–H and O–H groups in total. The van der Waals surface area contributed by atoms with Gasteiger partial charge in [0.15, 0.2) is 0 Å². The van der Waals surface area contributed by atoms with E-state index in [2.05, 4.69) is 39.1 Å². The number of carbonyl (C=O) groups excluding carboxylic acids is 1. The zero-order valence-electron chi connectivity index (χ0n) is 16.9. The first-order valence-electron chi connectivity index (χ1n) is 10.6. The molecule has 1 aliphatic carbocycles. The van der Waals surface area contributed by atoms with E-state index in [1.165, 1.54) is 5.56 Å². The third-order valence-electron chi connectivity index (χ3n) is 6.35. The van der Waals surface area contributed by atoms with Crippen LogP contribution in [-0.4, -0.2) is 33.9 Å². The van der Waals surface area contributed by atoms with Gasteiger partial charge in [-0.3, -0.25) is 14.8 Å². The molecule has 0 radical (unpaired) electrons. The highest BCUT2D eigenvalue weighted by Crippen LogP contribution is 2.50. The monoisotopic (exact) mass is 399 g/mol. The van der Waals surface area contributed by atoms with Gasteiger partial charge in [-0.15, -0.1) is 0 Å². The van der Waals surface area contributed by atoms with E-state index in [0.717, 1.165) is 49.2 Å². The quantitative estimate of drug-likeness (QED) is 0.626. The van der Waals surface area contributed by atoms with Gasteiger partial charge in [0.05, 0.1) is 5.41 Å². The van der Waals surface area contributed by atoms with Gasteiger partial charge in [0.2, 0.25) is 5.91 Å². The number of ether oxygens (including phenoxy) is 1. The van der Waals surface area contributed by atoms with Crippen LogP contribution in [0.4, 0.5) is 0 Å². The summed E-state index contributed by atoms with van der Waals surface area (Å²) in [5.74, 6) is 1.50. The Morgan fingerprint density at radius 1 is 1.03 bits per heavy atom. The molecule has 2 aliphatic rings. The van der Waals surface area contributed by atoms with E-state index < -0.39 is 0 Å². The largest absolute Gasteiger partial charge is 0.489 e. The normalized spacial score (nSPS) is 19.5. The Morgan fingerprint density at radius 3 is 2.53 bits per heavy atom. The first-order chi connectivity index (χ1) is 14.7. The lowest BCUT2D eigenvalue weighted by atomic mass is 9.94. The number of hydrogen-bond donors (Lipinski definition) is 0. The number of hydrogen-bond acceptors (Lipinski definition) is 4. The van der Waals surface area contributed by atoms with Gasteiger partial charge in [-0.05, 0) is 60.7 Å². The fraction of sp³-hybridized carbons (Fsp3) is 0.320. The molecule has 1 amide bonds. The molecule has 30 heavy (non-hydrogen) atoms. The molecular formula is C25H25N3O2. The second kappa shape index (κ2) is 7.90. The second-order valence-electron chi connectivity index (χ2n) is 8.27. The number of rotatable bonds is 6. The zero-order chi connectivity index (χ0) is 20.4. The van der Waals surface area contributed by atoms with Crippen LogP contribution in [-0.2, 0) is 16.8 Å². The summed E-state index contributed by atoms with van der Waals surface area (Å²) < 4.78 is 5.86. The maximum Gasteiger partial charge on any atom is 0.233 e. The molecule has 1 unspecified atom stereocenters. The van der Waals surface area contributed by atoms with Crippen molar-refractivity contribution in [2.24, 2.45) is 0 Å². The average molecular weight is 399 g/mol. The van der Waals surface area contributed by atoms with E-state index in [0.29, 0.717) is 12.5 Å². The Bertz CT molecular complexity index is 1000. The number of pyridine rings is 2. The zero-order valence-corrected chi connectivity index (χ0v) is 16.9. The number of amides is 1. The van der Waals surface area contributed by atoms with Crippen molar-refractivity contribution < 1.29 is 9.53 Å². The van der Waals surface area contributed by atoms with Gasteiger partial charge in [-0.1, -0.05) is 18.2 Å². The summed E-state index contributed by atoms with van der Waals surface area (Å²) >= 11 is 0. The fourth-order valence-electron chi connectivity index (χ4n) is 4.43. The number of aromatic nitrogens is 2. The van der Waals surface area contributed by atoms with Gasteiger partial charge in [-0.25, -0.2) is 0 Å². The van der Waals surface area contributed by atoms with Crippen LogP contribution >= 0.6 is 0 Å². The number of carbonyl (C=O) groups is 1. The molecule has 0 spiro atoms. The highest BCUT2D eigenvalue weighted by Gasteiger charge is 2.53. The summed E-state index contributed by atoms with van der Waals surface area (Å²) in [6.45, 7) is 2.12. The summed E-state index contributed by atoms with van der Waals surface area (Å²) in [4.78, 5) is 23.6. The first kappa shape index (κ1) is 18.8. The summed E-state index contributed by atoms with van der Waals surface area (Å²) in [5, 5.41) is 0. The van der Waals surface area contributed by atoms with E-state index in [4.69, 9.17) is 4.74 Å². The van der Waals surface area contributed by atoms with Crippen molar-refractivity contribution >= 4 is 5.91 Å². The van der Waals surface area contributed by atoms with Crippen LogP contribution in [0.2, 0.25) is 0 Å². The molecule has 2 fully saturated rings. The molecule has 3 heterocycles. The highest BCUT2D eigenvalue weighted by molar-refractivity contribution is 5.91. The lowest BCUT2D eigenvalue weighted by Gasteiger charge is -2.24. The van der Waals surface area contributed by atoms with Gasteiger partial charge in [-0.2, -0.15) is 0 Å². The Kier molecular flexibility index (Phi) is 4.95. The first-order valence-corrected chi connectivity index (χ1v) is 10.6. The molecule has 5 heteroatoms. The lowest BCUT2D eigenvalue weighted by molar-refractivity contribution is -0.132. The Morgan fingerprint density at radius 2 is 1.83 bits per heavy atom. The van der Waals surface area contributed by atoms with Gasteiger partial charge < -0.3 is 9.64 Å². The highest BCUT2D eigenvalue weighted by atomic mass is 16.5. The maximum absolute atomic E-state index is 13.4. The third kappa shape index (κ3) is 3.67. The Hall–Kier alpha value is -3.21. The van der Waals surface area contributed by atoms with Crippen molar-refractivity contribution in [2.45, 2.75) is 37.2 Å². The van der Waals surface area contributed by atoms with Gasteiger partial charge in [0.1, 0.15) is 12.4 Å². The van der Waals surface area contributed by atoms with Crippen molar-refractivity contribution in [1.82, 2.24) is 14.9 Å². The average Bonchev–Trinajstić information content (AvgIpc) is 3.48. The van der Waals surface area contributed by atoms with E-state index in [-0.39, 0.29) is 11.3 Å². The lowest BCUT2D eigenvalue weighted by Crippen LogP contribution is -2.37. The summed E-state index contributed by atoms with van der Waals surface area (Å²) in [5.41, 5.74) is 3.08. The molecule has 1 saturated carbocycles. The van der Waals surface area contributed by atoms with Gasteiger partial charge in [0.25, 0.3) is 0 Å². The molecule has 1 saturated heterocycles. The third-order valence-corrected chi connectivity index (χ3v) is 6.35. The van der Waals surface area contributed by atoms with Crippen molar-refractivity contribution in [3.63, 3.8) is 0 Å². The standard InChI is InChI=1S/C25H25N3O2/c29-24(28-15-9-21(17-28)20-7-13-26-14-8-20)25(10-11-25)22-3-5-23(6-4-22)30-18-19-2-1-12-27-16-19/h1-8,12-14,16,21H,9-11,15,17-18H2. The van der Waals surface area contributed by atoms with Crippen LogP contribution in [0.15, 0.2) is 73.3 Å². The van der Waals surface area contributed by atoms with Crippen LogP contribution in [0.5, 0.6) is 5.75 Å². The molecule has 5 rings (SSSR count). The van der Waals surface area contributed by atoms with Gasteiger partial charge >= 0.3 is 0 Å². The van der Waals surface area contributed by atoms with E-state index in [1.807, 2.05) is 42.9 Å². The Balaban J connectivity index is 1.23. The summed E-state index contributed by atoms with van der Waals surface area (Å²) in [7, 11) is 0. The van der Waals surface area contributed by atoms with E-state index in [9.17, 15) is 4.79 Å². The second-order valence-corrected chi connectivity index (χ2v) is 8.27. The topological polar surface area (TPSA) is 55.3 Å². The molecule has 1 aliphatic heterocycles. The van der Waals surface area contributed by atoms with Crippen LogP contribution in [0, 0.1) is 0 Å². The number of benzene rings is 1. The van der Waals surface area contributed by atoms with Gasteiger partial charge in [0, 0.05) is 49.4 Å². The Labute approximate surface area is 176 Å². The minimum atomic E-state index is -0.338. The molecule has 2 aromatic heterocycles. The van der Waals surface area contributed by atoms with Crippen LogP contribution in [0.25, 0.3) is 0 Å². The fourth-order valence-corrected chi connectivity index (χ4v) is 4.43. The van der Waals surface area contributed by atoms with E-state index >= 15 is 0 Å². The minimum Gasteiger partial charge on any atom is -0.489 e. The van der Waals surface area contributed by atoms with E-state index in [1.54, 1.807) is 6.20 Å². The molecule has 3 aromatic rings. The van der Waals surface area contributed by atoms with Crippen LogP contribution in [0.3, 0.4) is 0 Å². The molecule has 0 bridgehead atoms. The molecule has 1 atom stereocenters. The minimum absolute atomic E-state index is 0.281. The number of nitrogens with zero attached hydrogens (tertiary/aromatic N) is 3. The molecule has 5 nitrogen and oxygen atoms in total. The van der Waals surface area contributed by atoms with Crippen LogP contribution in [0.1, 0.15) is 41.9 Å². The number of likely N-dealkylation sites (tertiary alicyclic amines) is 1. The predicted molar refractivity (Wildman–Crippen MR) is 114 cm³/mol. The van der Waals surface area contributed by atoms with Crippen LogP contribution < -0.4 is 4.74 Å². The summed E-state index contributed by atoms with van der Waals surface area (Å²) in [6, 6.07) is 16.1. The van der Waals surface area contributed by atoms with Crippen molar-refractivity contribution in [1.29, 1.82) is 0 Å². The maximum atomic E-state index is 13.4. The molecule has 1 aromatic carbocycles. The molecule has 152 valence electrons. The molecular weight excluding hydrogens is 374 g/mol. The SMILES string of the molecule is O=C(N1CCC(c2ccncc2)C1)C1(c2ccc(OCc3cccnc3)cc2)CC1. The van der Waals surface area contributed by atoms with Crippen molar-refractivity contribution in [3.05, 3.63) is 90.0 Å². The van der Waals surface area contributed by atoms with Crippen molar-refractivity contribution in [2.75, 3.05) is 13.1 Å².